The van der Waals surface area contributed by atoms with Crippen LogP contribution in [0.5, 0.6) is 5.75 Å². The zero-order valence-corrected chi connectivity index (χ0v) is 13.4. The number of nitrogens with zero attached hydrogens (tertiary/aromatic N) is 2. The number of carbonyl (C=O) groups excluding carboxylic acids is 2. The van der Waals surface area contributed by atoms with Crippen molar-refractivity contribution < 1.29 is 14.3 Å². The Morgan fingerprint density at radius 2 is 2.08 bits per heavy atom. The first-order chi connectivity index (χ1) is 11.5. The van der Waals surface area contributed by atoms with Gasteiger partial charge in [-0.1, -0.05) is 0 Å². The summed E-state index contributed by atoms with van der Waals surface area (Å²) < 4.78 is 5.92. The first kappa shape index (κ1) is 15.7. The fourth-order valence-electron chi connectivity index (χ4n) is 2.21. The number of primary amides is 1. The van der Waals surface area contributed by atoms with E-state index in [-0.39, 0.29) is 22.9 Å². The van der Waals surface area contributed by atoms with Gasteiger partial charge < -0.3 is 21.5 Å². The van der Waals surface area contributed by atoms with E-state index in [1.54, 1.807) is 11.6 Å². The van der Waals surface area contributed by atoms with Crippen LogP contribution in [0, 0.1) is 0 Å². The molecule has 0 saturated carbocycles. The molecule has 0 fully saturated rings. The Balaban J connectivity index is 1.97. The summed E-state index contributed by atoms with van der Waals surface area (Å²) in [5.41, 5.74) is 12.6. The zero-order chi connectivity index (χ0) is 17.3. The summed E-state index contributed by atoms with van der Waals surface area (Å²) in [4.78, 5) is 32.0. The van der Waals surface area contributed by atoms with Crippen LogP contribution in [-0.2, 0) is 0 Å². The molecule has 9 heteroatoms. The van der Waals surface area contributed by atoms with Crippen LogP contribution >= 0.6 is 11.3 Å². The van der Waals surface area contributed by atoms with E-state index in [2.05, 4.69) is 15.3 Å². The summed E-state index contributed by atoms with van der Waals surface area (Å²) in [5, 5.41) is 4.39. The Hall–Kier alpha value is -3.20. The summed E-state index contributed by atoms with van der Waals surface area (Å²) in [6.45, 7) is 0. The van der Waals surface area contributed by atoms with Gasteiger partial charge in [0.15, 0.2) is 0 Å². The van der Waals surface area contributed by atoms with Crippen LogP contribution in [0.3, 0.4) is 0 Å². The molecule has 3 rings (SSSR count). The average Bonchev–Trinajstić information content (AvgIpc) is 3.00. The first-order valence-corrected chi connectivity index (χ1v) is 7.65. The molecule has 1 aromatic carbocycles. The summed E-state index contributed by atoms with van der Waals surface area (Å²) >= 11 is 1.37. The van der Waals surface area contributed by atoms with Crippen LogP contribution in [0.15, 0.2) is 30.0 Å². The van der Waals surface area contributed by atoms with Gasteiger partial charge in [0.05, 0.1) is 34.1 Å². The average molecular weight is 343 g/mol. The van der Waals surface area contributed by atoms with Crippen molar-refractivity contribution in [3.8, 4) is 5.75 Å². The molecule has 0 radical (unpaired) electrons. The summed E-state index contributed by atoms with van der Waals surface area (Å²) in [6.07, 6.45) is 3.02. The van der Waals surface area contributed by atoms with Crippen molar-refractivity contribution in [3.63, 3.8) is 0 Å². The topological polar surface area (TPSA) is 133 Å². The normalized spacial score (nSPS) is 10.5. The van der Waals surface area contributed by atoms with Gasteiger partial charge in [-0.15, -0.1) is 11.3 Å². The highest BCUT2D eigenvalue weighted by molar-refractivity contribution is 7.17. The molecule has 0 saturated heterocycles. The number of hydrogen-bond acceptors (Lipinski definition) is 7. The molecule has 0 aliphatic heterocycles. The number of anilines is 2. The Bertz CT molecular complexity index is 953. The molecular weight excluding hydrogens is 330 g/mol. The molecule has 0 aliphatic carbocycles. The van der Waals surface area contributed by atoms with E-state index in [1.807, 2.05) is 0 Å². The number of nitrogen functional groups attached to an aromatic ring is 1. The van der Waals surface area contributed by atoms with Crippen LogP contribution in [0.25, 0.3) is 10.2 Å². The van der Waals surface area contributed by atoms with E-state index in [0.29, 0.717) is 16.8 Å². The fourth-order valence-corrected chi connectivity index (χ4v) is 3.07. The molecule has 3 aromatic rings. The van der Waals surface area contributed by atoms with E-state index >= 15 is 0 Å². The van der Waals surface area contributed by atoms with Gasteiger partial charge in [-0.05, 0) is 6.07 Å². The maximum atomic E-state index is 12.5. The van der Waals surface area contributed by atoms with Crippen molar-refractivity contribution in [2.75, 3.05) is 18.2 Å². The molecule has 8 nitrogen and oxygen atoms in total. The highest BCUT2D eigenvalue weighted by Crippen LogP contribution is 2.30. The molecule has 122 valence electrons. The third-order valence-corrected chi connectivity index (χ3v) is 4.27. The third-order valence-electron chi connectivity index (χ3n) is 3.37. The number of nitrogens with two attached hydrogens (primary N) is 2. The van der Waals surface area contributed by atoms with Gasteiger partial charge in [0, 0.05) is 23.3 Å². The standard InChI is InChI=1S/C15H13N5O3S/c1-23-10-3-7(2-8(12(10)16)14(17)21)20-15(22)9-5-24-11-4-18-6-19-13(9)11/h2-6H,16H2,1H3,(H2,17,21)(H,20,22). The van der Waals surface area contributed by atoms with Gasteiger partial charge in [0.2, 0.25) is 0 Å². The SMILES string of the molecule is COc1cc(NC(=O)c2csc3cncnc23)cc(C(N)=O)c1N. The van der Waals surface area contributed by atoms with Gasteiger partial charge in [-0.3, -0.25) is 9.59 Å². The van der Waals surface area contributed by atoms with E-state index in [1.165, 1.54) is 36.9 Å². The number of hydrogen-bond donors (Lipinski definition) is 3. The second-order valence-electron chi connectivity index (χ2n) is 4.84. The Labute approximate surface area is 140 Å². The number of amides is 2. The number of methoxy groups -OCH3 is 1. The van der Waals surface area contributed by atoms with Crippen molar-refractivity contribution >= 4 is 44.7 Å². The third kappa shape index (κ3) is 2.72. The first-order valence-electron chi connectivity index (χ1n) is 6.77. The molecule has 0 bridgehead atoms. The maximum Gasteiger partial charge on any atom is 0.258 e. The minimum absolute atomic E-state index is 0.0714. The number of nitrogens with one attached hydrogen (secondary N) is 1. The summed E-state index contributed by atoms with van der Waals surface area (Å²) in [7, 11) is 1.41. The Morgan fingerprint density at radius 1 is 1.29 bits per heavy atom. The van der Waals surface area contributed by atoms with Crippen molar-refractivity contribution in [1.82, 2.24) is 9.97 Å². The Kier molecular flexibility index (Phi) is 4.00. The molecule has 5 N–H and O–H groups in total. The van der Waals surface area contributed by atoms with E-state index in [0.717, 1.165) is 4.70 Å². The monoisotopic (exact) mass is 343 g/mol. The smallest absolute Gasteiger partial charge is 0.258 e. The quantitative estimate of drug-likeness (QED) is 0.617. The van der Waals surface area contributed by atoms with Crippen LogP contribution in [-0.4, -0.2) is 28.9 Å². The maximum absolute atomic E-state index is 12.5. The molecule has 2 amide bonds. The number of thiophene rings is 1. The van der Waals surface area contributed by atoms with Crippen molar-refractivity contribution in [2.24, 2.45) is 5.73 Å². The summed E-state index contributed by atoms with van der Waals surface area (Å²) in [6, 6.07) is 2.92. The number of fused-ring (bicyclic) bond motifs is 1. The largest absolute Gasteiger partial charge is 0.494 e. The number of ether oxygens (including phenoxy) is 1. The Morgan fingerprint density at radius 3 is 2.79 bits per heavy atom. The fraction of sp³-hybridized carbons (Fsp3) is 0.0667. The summed E-state index contributed by atoms with van der Waals surface area (Å²) in [5.74, 6) is -0.836. The van der Waals surface area contributed by atoms with Crippen molar-refractivity contribution in [3.05, 3.63) is 41.2 Å². The van der Waals surface area contributed by atoms with E-state index in [4.69, 9.17) is 16.2 Å². The van der Waals surface area contributed by atoms with Crippen LogP contribution in [0.1, 0.15) is 20.7 Å². The zero-order valence-electron chi connectivity index (χ0n) is 12.6. The number of aromatic nitrogens is 2. The molecule has 2 heterocycles. The molecule has 2 aromatic heterocycles. The van der Waals surface area contributed by atoms with Gasteiger partial charge in [0.25, 0.3) is 11.8 Å². The molecular formula is C15H13N5O3S. The predicted molar refractivity (Wildman–Crippen MR) is 91.3 cm³/mol. The van der Waals surface area contributed by atoms with Crippen LogP contribution in [0.4, 0.5) is 11.4 Å². The lowest BCUT2D eigenvalue weighted by atomic mass is 10.1. The van der Waals surface area contributed by atoms with Gasteiger partial charge in [-0.25, -0.2) is 9.97 Å². The minimum Gasteiger partial charge on any atom is -0.494 e. The van der Waals surface area contributed by atoms with Gasteiger partial charge >= 0.3 is 0 Å². The highest BCUT2D eigenvalue weighted by atomic mass is 32.1. The number of benzene rings is 1. The molecule has 0 spiro atoms. The highest BCUT2D eigenvalue weighted by Gasteiger charge is 2.17. The molecule has 0 atom stereocenters. The predicted octanol–water partition coefficient (Wildman–Crippen LogP) is 1.63. The minimum atomic E-state index is -0.712. The molecule has 0 aliphatic rings. The van der Waals surface area contributed by atoms with E-state index in [9.17, 15) is 9.59 Å². The lowest BCUT2D eigenvalue weighted by Gasteiger charge is -2.12. The van der Waals surface area contributed by atoms with Crippen LogP contribution < -0.4 is 21.5 Å². The number of rotatable bonds is 4. The molecule has 0 unspecified atom stereocenters. The second-order valence-corrected chi connectivity index (χ2v) is 5.75. The second kappa shape index (κ2) is 6.13. The lowest BCUT2D eigenvalue weighted by molar-refractivity contribution is 0.0997. The van der Waals surface area contributed by atoms with Crippen molar-refractivity contribution in [1.29, 1.82) is 0 Å². The van der Waals surface area contributed by atoms with Gasteiger partial charge in [0.1, 0.15) is 12.1 Å². The van der Waals surface area contributed by atoms with Gasteiger partial charge in [-0.2, -0.15) is 0 Å². The number of carbonyl (C=O) groups is 2. The van der Waals surface area contributed by atoms with Crippen LogP contribution in [0.2, 0.25) is 0 Å². The van der Waals surface area contributed by atoms with Crippen molar-refractivity contribution in [2.45, 2.75) is 0 Å². The molecule has 24 heavy (non-hydrogen) atoms. The van der Waals surface area contributed by atoms with E-state index < -0.39 is 5.91 Å². The lowest BCUT2D eigenvalue weighted by Crippen LogP contribution is -2.16.